The van der Waals surface area contributed by atoms with Gasteiger partial charge in [0.15, 0.2) is 0 Å². The average Bonchev–Trinajstić information content (AvgIpc) is 2.70. The number of nitrogens with two attached hydrogens (primary N) is 1. The minimum Gasteiger partial charge on any atom is -0.468 e. The first kappa shape index (κ1) is 13.2. The highest BCUT2D eigenvalue weighted by Crippen LogP contribution is 2.14. The molecule has 0 saturated heterocycles. The smallest absolute Gasteiger partial charge is 0.122 e. The van der Waals surface area contributed by atoms with Gasteiger partial charge in [0.2, 0.25) is 0 Å². The summed E-state index contributed by atoms with van der Waals surface area (Å²) in [4.78, 5) is 2.31. The van der Waals surface area contributed by atoms with Crippen LogP contribution in [0.4, 0.5) is 0 Å². The van der Waals surface area contributed by atoms with E-state index in [1.807, 2.05) is 6.07 Å². The molecule has 0 atom stereocenters. The van der Waals surface area contributed by atoms with Crippen LogP contribution < -0.4 is 5.73 Å². The van der Waals surface area contributed by atoms with Crippen LogP contribution in [0.25, 0.3) is 0 Å². The second kappa shape index (κ2) is 6.68. The molecule has 0 bridgehead atoms. The third-order valence-electron chi connectivity index (χ3n) is 2.72. The Bertz CT molecular complexity index is 297. The molecule has 92 valence electrons. The van der Waals surface area contributed by atoms with Gasteiger partial charge in [-0.1, -0.05) is 0 Å². The topological polar surface area (TPSA) is 51.6 Å². The van der Waals surface area contributed by atoms with Gasteiger partial charge in [-0.05, 0) is 19.9 Å². The van der Waals surface area contributed by atoms with Gasteiger partial charge in [-0.2, -0.15) is 0 Å². The Kier molecular flexibility index (Phi) is 5.52. The van der Waals surface area contributed by atoms with Crippen LogP contribution in [0.1, 0.15) is 25.2 Å². The lowest BCUT2D eigenvalue weighted by Crippen LogP contribution is -2.33. The lowest BCUT2D eigenvalue weighted by Gasteiger charge is -2.25. The molecule has 0 saturated carbocycles. The number of hydrogen-bond acceptors (Lipinski definition) is 4. The van der Waals surface area contributed by atoms with E-state index < -0.39 is 0 Å². The first-order chi connectivity index (χ1) is 7.69. The normalized spacial score (nSPS) is 11.6. The minimum atomic E-state index is 0.464. The fraction of sp³-hybridized carbons (Fsp3) is 0.667. The van der Waals surface area contributed by atoms with E-state index in [0.717, 1.165) is 31.0 Å². The standard InChI is InChI=1S/C12H22N2O2/c1-10(2)14(5-7-15-3)9-12-11(8-13)4-6-16-12/h4,6,10H,5,7-9,13H2,1-3H3. The van der Waals surface area contributed by atoms with Crippen LogP contribution in [0.3, 0.4) is 0 Å². The molecule has 0 aliphatic carbocycles. The summed E-state index contributed by atoms with van der Waals surface area (Å²) in [5.74, 6) is 0.965. The Labute approximate surface area is 97.4 Å². The number of nitrogens with zero attached hydrogens (tertiary/aromatic N) is 1. The second-order valence-electron chi connectivity index (χ2n) is 4.13. The zero-order chi connectivity index (χ0) is 12.0. The van der Waals surface area contributed by atoms with E-state index >= 15 is 0 Å². The highest BCUT2D eigenvalue weighted by atomic mass is 16.5. The van der Waals surface area contributed by atoms with Crippen LogP contribution in [0, 0.1) is 0 Å². The average molecular weight is 226 g/mol. The molecule has 0 fully saturated rings. The van der Waals surface area contributed by atoms with Gasteiger partial charge in [-0.3, -0.25) is 4.90 Å². The van der Waals surface area contributed by atoms with Crippen LogP contribution in [0.15, 0.2) is 16.7 Å². The summed E-state index contributed by atoms with van der Waals surface area (Å²) in [6.45, 7) is 7.29. The quantitative estimate of drug-likeness (QED) is 0.767. The van der Waals surface area contributed by atoms with E-state index in [-0.39, 0.29) is 0 Å². The van der Waals surface area contributed by atoms with Crippen LogP contribution in [-0.2, 0) is 17.8 Å². The number of hydrogen-bond donors (Lipinski definition) is 1. The Morgan fingerprint density at radius 3 is 2.81 bits per heavy atom. The molecule has 0 aliphatic heterocycles. The summed E-state index contributed by atoms with van der Waals surface area (Å²) in [5.41, 5.74) is 6.73. The van der Waals surface area contributed by atoms with Crippen LogP contribution in [0.2, 0.25) is 0 Å². The molecule has 0 unspecified atom stereocenters. The molecule has 1 aromatic heterocycles. The van der Waals surface area contributed by atoms with Gasteiger partial charge in [0.05, 0.1) is 19.4 Å². The fourth-order valence-corrected chi connectivity index (χ4v) is 1.60. The predicted molar refractivity (Wildman–Crippen MR) is 64.0 cm³/mol. The van der Waals surface area contributed by atoms with Crippen LogP contribution in [0.5, 0.6) is 0 Å². The van der Waals surface area contributed by atoms with Crippen molar-refractivity contribution in [3.63, 3.8) is 0 Å². The van der Waals surface area contributed by atoms with E-state index in [2.05, 4.69) is 18.7 Å². The molecule has 1 heterocycles. The van der Waals surface area contributed by atoms with E-state index in [4.69, 9.17) is 14.9 Å². The van der Waals surface area contributed by atoms with Crippen molar-refractivity contribution in [3.05, 3.63) is 23.7 Å². The summed E-state index contributed by atoms with van der Waals surface area (Å²) in [5, 5.41) is 0. The molecule has 2 N–H and O–H groups in total. The number of rotatable bonds is 7. The maximum Gasteiger partial charge on any atom is 0.122 e. The van der Waals surface area contributed by atoms with E-state index in [1.165, 1.54) is 0 Å². The van der Waals surface area contributed by atoms with Crippen molar-refractivity contribution in [1.29, 1.82) is 0 Å². The van der Waals surface area contributed by atoms with Crippen molar-refractivity contribution >= 4 is 0 Å². The molecule has 4 nitrogen and oxygen atoms in total. The number of furan rings is 1. The van der Waals surface area contributed by atoms with Gasteiger partial charge < -0.3 is 14.9 Å². The first-order valence-corrected chi connectivity index (χ1v) is 5.67. The molecule has 0 radical (unpaired) electrons. The minimum absolute atomic E-state index is 0.464. The predicted octanol–water partition coefficient (Wildman–Crippen LogP) is 1.60. The van der Waals surface area contributed by atoms with Crippen molar-refractivity contribution in [1.82, 2.24) is 4.90 Å². The summed E-state index contributed by atoms with van der Waals surface area (Å²) >= 11 is 0. The molecule has 1 aromatic rings. The lowest BCUT2D eigenvalue weighted by atomic mass is 10.2. The third-order valence-corrected chi connectivity index (χ3v) is 2.72. The van der Waals surface area contributed by atoms with Crippen molar-refractivity contribution < 1.29 is 9.15 Å². The van der Waals surface area contributed by atoms with Gasteiger partial charge in [0, 0.05) is 31.8 Å². The highest BCUT2D eigenvalue weighted by Gasteiger charge is 2.13. The molecule has 0 aliphatic rings. The fourth-order valence-electron chi connectivity index (χ4n) is 1.60. The Balaban J connectivity index is 2.60. The van der Waals surface area contributed by atoms with Gasteiger partial charge >= 0.3 is 0 Å². The number of methoxy groups -OCH3 is 1. The highest BCUT2D eigenvalue weighted by molar-refractivity contribution is 5.16. The molecule has 16 heavy (non-hydrogen) atoms. The summed E-state index contributed by atoms with van der Waals surface area (Å²) in [6.07, 6.45) is 1.70. The maximum atomic E-state index is 5.64. The zero-order valence-electron chi connectivity index (χ0n) is 10.4. The van der Waals surface area contributed by atoms with E-state index in [1.54, 1.807) is 13.4 Å². The number of ether oxygens (including phenoxy) is 1. The van der Waals surface area contributed by atoms with Gasteiger partial charge in [-0.25, -0.2) is 0 Å². The SMILES string of the molecule is COCCN(Cc1occc1CN)C(C)C. The van der Waals surface area contributed by atoms with Crippen molar-refractivity contribution in [2.24, 2.45) is 5.73 Å². The molecular formula is C12H22N2O2. The van der Waals surface area contributed by atoms with Gasteiger partial charge in [-0.15, -0.1) is 0 Å². The van der Waals surface area contributed by atoms with E-state index in [0.29, 0.717) is 12.6 Å². The Hall–Kier alpha value is -0.840. The summed E-state index contributed by atoms with van der Waals surface area (Å²) < 4.78 is 10.6. The zero-order valence-corrected chi connectivity index (χ0v) is 10.4. The van der Waals surface area contributed by atoms with Crippen LogP contribution in [-0.4, -0.2) is 31.2 Å². The van der Waals surface area contributed by atoms with Crippen LogP contribution >= 0.6 is 0 Å². The van der Waals surface area contributed by atoms with Crippen molar-refractivity contribution in [2.45, 2.75) is 33.0 Å². The first-order valence-electron chi connectivity index (χ1n) is 5.67. The lowest BCUT2D eigenvalue weighted by molar-refractivity contribution is 0.119. The third kappa shape index (κ3) is 3.63. The monoisotopic (exact) mass is 226 g/mol. The molecule has 1 rings (SSSR count). The molecule has 0 amide bonds. The van der Waals surface area contributed by atoms with E-state index in [9.17, 15) is 0 Å². The molecular weight excluding hydrogens is 204 g/mol. The summed E-state index contributed by atoms with van der Waals surface area (Å²) in [6, 6.07) is 2.40. The molecule has 4 heteroatoms. The van der Waals surface area contributed by atoms with Gasteiger partial charge in [0.25, 0.3) is 0 Å². The van der Waals surface area contributed by atoms with Crippen molar-refractivity contribution in [2.75, 3.05) is 20.3 Å². The molecule has 0 aromatic carbocycles. The largest absolute Gasteiger partial charge is 0.468 e. The van der Waals surface area contributed by atoms with Crippen molar-refractivity contribution in [3.8, 4) is 0 Å². The van der Waals surface area contributed by atoms with Gasteiger partial charge in [0.1, 0.15) is 5.76 Å². The second-order valence-corrected chi connectivity index (χ2v) is 4.13. The summed E-state index contributed by atoms with van der Waals surface area (Å²) in [7, 11) is 1.72. The maximum absolute atomic E-state index is 5.64. The Morgan fingerprint density at radius 1 is 1.50 bits per heavy atom. The Morgan fingerprint density at radius 2 is 2.25 bits per heavy atom. The molecule has 0 spiro atoms.